The first-order chi connectivity index (χ1) is 9.67. The van der Waals surface area contributed by atoms with E-state index in [1.54, 1.807) is 0 Å². The fourth-order valence-electron chi connectivity index (χ4n) is 2.27. The van der Waals surface area contributed by atoms with Gasteiger partial charge in [0.1, 0.15) is 6.04 Å². The van der Waals surface area contributed by atoms with E-state index in [0.29, 0.717) is 0 Å². The summed E-state index contributed by atoms with van der Waals surface area (Å²) in [6.45, 7) is 3.71. The van der Waals surface area contributed by atoms with Gasteiger partial charge in [-0.15, -0.1) is 11.8 Å². The highest BCUT2D eigenvalue weighted by Gasteiger charge is 2.48. The van der Waals surface area contributed by atoms with E-state index in [4.69, 9.17) is 11.6 Å². The Morgan fingerprint density at radius 2 is 2.19 bits per heavy atom. The third-order valence-corrected chi connectivity index (χ3v) is 7.36. The van der Waals surface area contributed by atoms with Gasteiger partial charge in [0, 0.05) is 12.8 Å². The fourth-order valence-corrected chi connectivity index (χ4v) is 6.61. The highest BCUT2D eigenvalue weighted by molar-refractivity contribution is 8.01. The molecule has 10 heteroatoms. The molecule has 2 rings (SSSR count). The van der Waals surface area contributed by atoms with Gasteiger partial charge in [0.15, 0.2) is 5.03 Å². The van der Waals surface area contributed by atoms with Gasteiger partial charge in [-0.3, -0.25) is 9.48 Å². The molecular weight excluding hydrogens is 338 g/mol. The predicted molar refractivity (Wildman–Crippen MR) is 79.8 cm³/mol. The van der Waals surface area contributed by atoms with Crippen LogP contribution in [0.4, 0.5) is 0 Å². The molecule has 0 amide bonds. The summed E-state index contributed by atoms with van der Waals surface area (Å²) in [4.78, 5) is 11.4. The number of nitrogens with zero attached hydrogens (tertiary/aromatic N) is 3. The fraction of sp³-hybridized carbons (Fsp3) is 0.636. The molecule has 2 atom stereocenters. The Kier molecular flexibility index (Phi) is 4.57. The van der Waals surface area contributed by atoms with Crippen LogP contribution in [0.25, 0.3) is 0 Å². The van der Waals surface area contributed by atoms with E-state index in [9.17, 15) is 18.3 Å². The van der Waals surface area contributed by atoms with E-state index < -0.39 is 27.4 Å². The molecule has 2 unspecified atom stereocenters. The minimum absolute atomic E-state index is 0.0129. The second-order valence-electron chi connectivity index (χ2n) is 5.08. The van der Waals surface area contributed by atoms with E-state index in [1.165, 1.54) is 25.0 Å². The molecule has 1 fully saturated rings. The third-order valence-electron chi connectivity index (χ3n) is 3.20. The van der Waals surface area contributed by atoms with Crippen LogP contribution in [0.3, 0.4) is 0 Å². The predicted octanol–water partition coefficient (Wildman–Crippen LogP) is 1.25. The zero-order valence-electron chi connectivity index (χ0n) is 11.7. The summed E-state index contributed by atoms with van der Waals surface area (Å²) in [6, 6.07) is -1.10. The number of aryl methyl sites for hydroxylation is 1. The maximum absolute atomic E-state index is 12.9. The molecule has 1 aromatic heterocycles. The van der Waals surface area contributed by atoms with Gasteiger partial charge >= 0.3 is 5.97 Å². The molecule has 1 aromatic rings. The largest absolute Gasteiger partial charge is 0.480 e. The van der Waals surface area contributed by atoms with Crippen molar-refractivity contribution in [1.29, 1.82) is 0 Å². The Bertz CT molecular complexity index is 639. The first-order valence-corrected chi connectivity index (χ1v) is 9.10. The molecule has 0 spiro atoms. The van der Waals surface area contributed by atoms with Crippen molar-refractivity contribution in [3.63, 3.8) is 0 Å². The molecule has 7 nitrogen and oxygen atoms in total. The molecule has 1 aliphatic rings. The zero-order chi connectivity index (χ0) is 15.9. The highest BCUT2D eigenvalue weighted by Crippen LogP contribution is 2.39. The van der Waals surface area contributed by atoms with Crippen LogP contribution in [0.15, 0.2) is 11.2 Å². The molecule has 2 heterocycles. The summed E-state index contributed by atoms with van der Waals surface area (Å²) in [5.41, 5.74) is 0. The van der Waals surface area contributed by atoms with Gasteiger partial charge < -0.3 is 5.11 Å². The monoisotopic (exact) mass is 353 g/mol. The summed E-state index contributed by atoms with van der Waals surface area (Å²) in [5.74, 6) is -0.971. The third kappa shape index (κ3) is 2.79. The Morgan fingerprint density at radius 3 is 2.62 bits per heavy atom. The Hall–Kier alpha value is -0.770. The lowest BCUT2D eigenvalue weighted by Gasteiger charge is -2.28. The summed E-state index contributed by atoms with van der Waals surface area (Å²) < 4.78 is 27.9. The maximum Gasteiger partial charge on any atom is 0.322 e. The molecule has 0 aliphatic carbocycles. The molecule has 118 valence electrons. The smallest absolute Gasteiger partial charge is 0.322 e. The minimum Gasteiger partial charge on any atom is -0.480 e. The quantitative estimate of drug-likeness (QED) is 0.875. The molecule has 0 saturated carbocycles. The van der Waals surface area contributed by atoms with E-state index in [-0.39, 0.29) is 21.7 Å². The minimum atomic E-state index is -4.04. The van der Waals surface area contributed by atoms with Gasteiger partial charge in [0.05, 0.1) is 16.6 Å². The molecule has 21 heavy (non-hydrogen) atoms. The van der Waals surface area contributed by atoms with Crippen LogP contribution in [0.2, 0.25) is 5.02 Å². The first-order valence-electron chi connectivity index (χ1n) is 6.23. The van der Waals surface area contributed by atoms with Crippen LogP contribution >= 0.6 is 23.4 Å². The number of halogens is 1. The molecule has 1 aliphatic heterocycles. The normalized spacial score (nSPS) is 23.9. The van der Waals surface area contributed by atoms with E-state index in [0.717, 1.165) is 8.99 Å². The maximum atomic E-state index is 12.9. The highest BCUT2D eigenvalue weighted by atomic mass is 35.5. The second-order valence-corrected chi connectivity index (χ2v) is 8.39. The van der Waals surface area contributed by atoms with Crippen molar-refractivity contribution in [1.82, 2.24) is 14.1 Å². The average Bonchev–Trinajstić information content (AvgIpc) is 2.93. The molecule has 0 aromatic carbocycles. The van der Waals surface area contributed by atoms with Gasteiger partial charge in [0.2, 0.25) is 0 Å². The summed E-state index contributed by atoms with van der Waals surface area (Å²) in [5, 5.41) is 12.5. The lowest BCUT2D eigenvalue weighted by atomic mass is 10.2. The van der Waals surface area contributed by atoms with Crippen molar-refractivity contribution in [3.8, 4) is 0 Å². The number of carboxylic acids is 1. The number of aliphatic carboxylic acids is 1. The molecule has 0 bridgehead atoms. The van der Waals surface area contributed by atoms with Crippen molar-refractivity contribution in [2.75, 3.05) is 5.75 Å². The van der Waals surface area contributed by atoms with Crippen LogP contribution in [0.1, 0.15) is 13.8 Å². The van der Waals surface area contributed by atoms with E-state index in [2.05, 4.69) is 5.10 Å². The Balaban J connectivity index is 2.56. The standard InChI is InChI=1S/C11H16ClN3O4S2/c1-6(2)9-15(8(5-20-9)11(16)17)21(18,19)10-7(12)4-13-14(10)3/h4,6,8-9H,5H2,1-3H3,(H,16,17). The zero-order valence-corrected chi connectivity index (χ0v) is 14.1. The van der Waals surface area contributed by atoms with Crippen molar-refractivity contribution >= 4 is 39.4 Å². The molecular formula is C11H16ClN3O4S2. The average molecular weight is 354 g/mol. The van der Waals surface area contributed by atoms with Crippen molar-refractivity contribution in [2.45, 2.75) is 30.3 Å². The van der Waals surface area contributed by atoms with Crippen LogP contribution in [0.5, 0.6) is 0 Å². The van der Waals surface area contributed by atoms with Crippen LogP contribution in [0, 0.1) is 5.92 Å². The number of carboxylic acid groups (broad SMARTS) is 1. The number of aromatic nitrogens is 2. The van der Waals surface area contributed by atoms with Gasteiger partial charge in [0.25, 0.3) is 10.0 Å². The summed E-state index contributed by atoms with van der Waals surface area (Å²) in [7, 11) is -2.58. The summed E-state index contributed by atoms with van der Waals surface area (Å²) >= 11 is 7.24. The lowest BCUT2D eigenvalue weighted by molar-refractivity contribution is -0.140. The van der Waals surface area contributed by atoms with Gasteiger partial charge in [-0.1, -0.05) is 25.4 Å². The molecule has 1 saturated heterocycles. The van der Waals surface area contributed by atoms with Crippen LogP contribution in [-0.4, -0.2) is 50.7 Å². The Morgan fingerprint density at radius 1 is 1.57 bits per heavy atom. The van der Waals surface area contributed by atoms with Crippen LogP contribution in [-0.2, 0) is 21.9 Å². The van der Waals surface area contributed by atoms with Crippen LogP contribution < -0.4 is 0 Å². The van der Waals surface area contributed by atoms with E-state index >= 15 is 0 Å². The van der Waals surface area contributed by atoms with Crippen molar-refractivity contribution in [2.24, 2.45) is 13.0 Å². The van der Waals surface area contributed by atoms with Gasteiger partial charge in [-0.2, -0.15) is 9.40 Å². The Labute approximate surface area is 132 Å². The summed E-state index contributed by atoms with van der Waals surface area (Å²) in [6.07, 6.45) is 1.23. The number of carbonyl (C=O) groups is 1. The number of thioether (sulfide) groups is 1. The van der Waals surface area contributed by atoms with Gasteiger partial charge in [-0.25, -0.2) is 8.42 Å². The topological polar surface area (TPSA) is 92.5 Å². The number of rotatable bonds is 4. The molecule has 1 N–H and O–H groups in total. The number of hydrogen-bond donors (Lipinski definition) is 1. The molecule has 0 radical (unpaired) electrons. The van der Waals surface area contributed by atoms with E-state index in [1.807, 2.05) is 13.8 Å². The second kappa shape index (κ2) is 5.79. The van der Waals surface area contributed by atoms with Crippen molar-refractivity contribution < 1.29 is 18.3 Å². The van der Waals surface area contributed by atoms with Gasteiger partial charge in [-0.05, 0) is 5.92 Å². The SMILES string of the molecule is CC(C)C1SCC(C(=O)O)N1S(=O)(=O)c1c(Cl)cnn1C. The number of sulfonamides is 1. The number of hydrogen-bond acceptors (Lipinski definition) is 5. The van der Waals surface area contributed by atoms with Crippen molar-refractivity contribution in [3.05, 3.63) is 11.2 Å². The lowest BCUT2D eigenvalue weighted by Crippen LogP contribution is -2.47. The first kappa shape index (κ1) is 16.6.